The molecule has 1 rings (SSSR count). The standard InChI is InChI=1S/C10H12BrClOS/c1-4-10(2,3)8(13)7-5-6(12)9(11)14-7/h5H,4H2,1-3H3. The maximum absolute atomic E-state index is 12.0. The highest BCUT2D eigenvalue weighted by molar-refractivity contribution is 9.11. The van der Waals surface area contributed by atoms with Crippen LogP contribution in [0, 0.1) is 5.41 Å². The molecule has 1 nitrogen and oxygen atoms in total. The van der Waals surface area contributed by atoms with Crippen LogP contribution in [-0.4, -0.2) is 5.78 Å². The van der Waals surface area contributed by atoms with Crippen LogP contribution in [0.5, 0.6) is 0 Å². The van der Waals surface area contributed by atoms with Crippen molar-refractivity contribution in [2.75, 3.05) is 0 Å². The van der Waals surface area contributed by atoms with Crippen molar-refractivity contribution < 1.29 is 4.79 Å². The summed E-state index contributed by atoms with van der Waals surface area (Å²) >= 11 is 10.6. The van der Waals surface area contributed by atoms with E-state index in [1.807, 2.05) is 20.8 Å². The molecular weight excluding hydrogens is 284 g/mol. The summed E-state index contributed by atoms with van der Waals surface area (Å²) in [5.41, 5.74) is -0.298. The van der Waals surface area contributed by atoms with Gasteiger partial charge in [-0.25, -0.2) is 0 Å². The number of halogens is 2. The number of Topliss-reactive ketones (excluding diaryl/α,β-unsaturated/α-hetero) is 1. The van der Waals surface area contributed by atoms with E-state index in [1.165, 1.54) is 11.3 Å². The van der Waals surface area contributed by atoms with Gasteiger partial charge in [-0.15, -0.1) is 11.3 Å². The first-order valence-corrected chi connectivity index (χ1v) is 6.37. The lowest BCUT2D eigenvalue weighted by molar-refractivity contribution is 0.0837. The zero-order valence-electron chi connectivity index (χ0n) is 8.36. The second-order valence-electron chi connectivity index (χ2n) is 3.80. The Morgan fingerprint density at radius 3 is 2.57 bits per heavy atom. The summed E-state index contributed by atoms with van der Waals surface area (Å²) in [4.78, 5) is 12.7. The van der Waals surface area contributed by atoms with E-state index in [9.17, 15) is 4.79 Å². The summed E-state index contributed by atoms with van der Waals surface area (Å²) in [6.45, 7) is 5.93. The number of ketones is 1. The zero-order valence-corrected chi connectivity index (χ0v) is 11.5. The minimum atomic E-state index is -0.298. The topological polar surface area (TPSA) is 17.1 Å². The summed E-state index contributed by atoms with van der Waals surface area (Å²) in [6, 6.07) is 1.73. The Kier molecular flexibility index (Phi) is 3.78. The highest BCUT2D eigenvalue weighted by Gasteiger charge is 2.28. The van der Waals surface area contributed by atoms with Crippen molar-refractivity contribution in [3.8, 4) is 0 Å². The van der Waals surface area contributed by atoms with Crippen LogP contribution in [0.15, 0.2) is 9.85 Å². The van der Waals surface area contributed by atoms with Crippen molar-refractivity contribution in [2.24, 2.45) is 5.41 Å². The molecule has 0 saturated carbocycles. The summed E-state index contributed by atoms with van der Waals surface area (Å²) in [5, 5.41) is 0.616. The van der Waals surface area contributed by atoms with Gasteiger partial charge in [0.05, 0.1) is 13.7 Å². The maximum Gasteiger partial charge on any atom is 0.178 e. The van der Waals surface area contributed by atoms with Crippen LogP contribution in [0.1, 0.15) is 36.9 Å². The first-order valence-electron chi connectivity index (χ1n) is 4.38. The predicted octanol–water partition coefficient (Wildman–Crippen LogP) is 4.78. The van der Waals surface area contributed by atoms with Crippen molar-refractivity contribution in [2.45, 2.75) is 27.2 Å². The van der Waals surface area contributed by atoms with Crippen LogP contribution in [0.3, 0.4) is 0 Å². The minimum Gasteiger partial charge on any atom is -0.293 e. The molecule has 0 aliphatic carbocycles. The van der Waals surface area contributed by atoms with Crippen LogP contribution in [0.4, 0.5) is 0 Å². The molecule has 4 heteroatoms. The first-order chi connectivity index (χ1) is 6.38. The number of rotatable bonds is 3. The van der Waals surface area contributed by atoms with E-state index in [2.05, 4.69) is 15.9 Å². The summed E-state index contributed by atoms with van der Waals surface area (Å²) in [5.74, 6) is 0.164. The van der Waals surface area contributed by atoms with Gasteiger partial charge in [-0.05, 0) is 28.4 Å². The Morgan fingerprint density at radius 2 is 2.21 bits per heavy atom. The van der Waals surface area contributed by atoms with Crippen LogP contribution >= 0.6 is 38.9 Å². The van der Waals surface area contributed by atoms with E-state index in [4.69, 9.17) is 11.6 Å². The molecule has 0 radical (unpaired) electrons. The Hall–Kier alpha value is 0.140. The molecular formula is C10H12BrClOS. The number of hydrogen-bond donors (Lipinski definition) is 0. The third kappa shape index (κ3) is 2.38. The molecule has 0 aliphatic heterocycles. The predicted molar refractivity (Wildman–Crippen MR) is 65.4 cm³/mol. The van der Waals surface area contributed by atoms with Gasteiger partial charge in [0.2, 0.25) is 0 Å². The molecule has 0 bridgehead atoms. The SMILES string of the molecule is CCC(C)(C)C(=O)c1cc(Cl)c(Br)s1. The lowest BCUT2D eigenvalue weighted by Gasteiger charge is -2.19. The van der Waals surface area contributed by atoms with Crippen molar-refractivity contribution in [1.29, 1.82) is 0 Å². The van der Waals surface area contributed by atoms with E-state index in [0.717, 1.165) is 15.1 Å². The molecule has 0 atom stereocenters. The second kappa shape index (κ2) is 4.33. The highest BCUT2D eigenvalue weighted by Crippen LogP contribution is 2.36. The van der Waals surface area contributed by atoms with Crippen LogP contribution < -0.4 is 0 Å². The Balaban J connectivity index is 3.01. The van der Waals surface area contributed by atoms with Crippen molar-refractivity contribution >= 4 is 44.7 Å². The fraction of sp³-hybridized carbons (Fsp3) is 0.500. The molecule has 0 unspecified atom stereocenters. The lowest BCUT2D eigenvalue weighted by Crippen LogP contribution is -2.22. The van der Waals surface area contributed by atoms with Gasteiger partial charge in [-0.2, -0.15) is 0 Å². The molecule has 0 N–H and O–H groups in total. The van der Waals surface area contributed by atoms with Gasteiger partial charge >= 0.3 is 0 Å². The number of thiophene rings is 1. The monoisotopic (exact) mass is 294 g/mol. The van der Waals surface area contributed by atoms with Crippen molar-refractivity contribution in [3.63, 3.8) is 0 Å². The molecule has 1 aromatic heterocycles. The number of carbonyl (C=O) groups is 1. The van der Waals surface area contributed by atoms with Gasteiger partial charge in [-0.3, -0.25) is 4.79 Å². The summed E-state index contributed by atoms with van der Waals surface area (Å²) < 4.78 is 0.828. The van der Waals surface area contributed by atoms with Gasteiger partial charge in [0.1, 0.15) is 0 Å². The zero-order chi connectivity index (χ0) is 10.9. The quantitative estimate of drug-likeness (QED) is 0.733. The largest absolute Gasteiger partial charge is 0.293 e. The van der Waals surface area contributed by atoms with E-state index in [-0.39, 0.29) is 11.2 Å². The average molecular weight is 296 g/mol. The minimum absolute atomic E-state index is 0.164. The van der Waals surface area contributed by atoms with Gasteiger partial charge < -0.3 is 0 Å². The van der Waals surface area contributed by atoms with Gasteiger partial charge in [-0.1, -0.05) is 32.4 Å². The lowest BCUT2D eigenvalue weighted by atomic mass is 9.85. The normalized spacial score (nSPS) is 11.8. The molecule has 0 amide bonds. The fourth-order valence-electron chi connectivity index (χ4n) is 0.953. The van der Waals surface area contributed by atoms with Gasteiger partial charge in [0.15, 0.2) is 5.78 Å². The molecule has 0 aromatic carbocycles. The molecule has 0 fully saturated rings. The van der Waals surface area contributed by atoms with Gasteiger partial charge in [0, 0.05) is 5.41 Å². The van der Waals surface area contributed by atoms with E-state index < -0.39 is 0 Å². The van der Waals surface area contributed by atoms with Crippen molar-refractivity contribution in [3.05, 3.63) is 19.8 Å². The average Bonchev–Trinajstić information content (AvgIpc) is 2.45. The first kappa shape index (κ1) is 12.2. The van der Waals surface area contributed by atoms with Crippen molar-refractivity contribution in [1.82, 2.24) is 0 Å². The maximum atomic E-state index is 12.0. The summed E-state index contributed by atoms with van der Waals surface area (Å²) in [6.07, 6.45) is 0.832. The molecule has 0 spiro atoms. The van der Waals surface area contributed by atoms with E-state index >= 15 is 0 Å². The molecule has 0 saturated heterocycles. The Morgan fingerprint density at radius 1 is 1.64 bits per heavy atom. The summed E-state index contributed by atoms with van der Waals surface area (Å²) in [7, 11) is 0. The van der Waals surface area contributed by atoms with Crippen LogP contribution in [-0.2, 0) is 0 Å². The smallest absolute Gasteiger partial charge is 0.178 e. The van der Waals surface area contributed by atoms with E-state index in [0.29, 0.717) is 5.02 Å². The third-order valence-electron chi connectivity index (χ3n) is 2.37. The molecule has 1 heterocycles. The molecule has 14 heavy (non-hydrogen) atoms. The number of carbonyl (C=O) groups excluding carboxylic acids is 1. The highest BCUT2D eigenvalue weighted by atomic mass is 79.9. The molecule has 78 valence electrons. The third-order valence-corrected chi connectivity index (χ3v) is 4.84. The number of hydrogen-bond acceptors (Lipinski definition) is 2. The molecule has 1 aromatic rings. The van der Waals surface area contributed by atoms with Gasteiger partial charge in [0.25, 0.3) is 0 Å². The van der Waals surface area contributed by atoms with Crippen LogP contribution in [0.2, 0.25) is 5.02 Å². The van der Waals surface area contributed by atoms with E-state index in [1.54, 1.807) is 6.07 Å². The molecule has 0 aliphatic rings. The Labute approximate surface area is 102 Å². The second-order valence-corrected chi connectivity index (χ2v) is 6.58. The van der Waals surface area contributed by atoms with Crippen LogP contribution in [0.25, 0.3) is 0 Å². The Bertz CT molecular complexity index is 338. The fourth-order valence-corrected chi connectivity index (χ4v) is 2.77.